The lowest BCUT2D eigenvalue weighted by atomic mass is 10.2. The fourth-order valence-corrected chi connectivity index (χ4v) is 3.08. The molecule has 0 aliphatic carbocycles. The van der Waals surface area contributed by atoms with E-state index < -0.39 is 16.0 Å². The molecule has 0 bridgehead atoms. The number of halogens is 1. The van der Waals surface area contributed by atoms with Crippen LogP contribution in [0.5, 0.6) is 0 Å². The molecule has 13 heteroatoms. The van der Waals surface area contributed by atoms with Gasteiger partial charge in [0, 0.05) is 13.1 Å². The van der Waals surface area contributed by atoms with Crippen molar-refractivity contribution in [1.82, 2.24) is 19.7 Å². The summed E-state index contributed by atoms with van der Waals surface area (Å²) in [5.74, 6) is -0.568. The van der Waals surface area contributed by atoms with E-state index in [1.807, 2.05) is 0 Å². The number of nitrogens with one attached hydrogen (secondary N) is 3. The zero-order valence-corrected chi connectivity index (χ0v) is 16.8. The normalized spacial score (nSPS) is 11.1. The first-order valence-electron chi connectivity index (χ1n) is 8.03. The van der Waals surface area contributed by atoms with Gasteiger partial charge in [0.25, 0.3) is 0 Å². The Bertz CT molecular complexity index is 1180. The smallest absolute Gasteiger partial charge is 0.354 e. The van der Waals surface area contributed by atoms with E-state index in [1.165, 1.54) is 24.0 Å². The van der Waals surface area contributed by atoms with Crippen LogP contribution >= 0.6 is 11.6 Å². The van der Waals surface area contributed by atoms with Gasteiger partial charge in [-0.15, -0.1) is 0 Å². The zero-order valence-electron chi connectivity index (χ0n) is 15.2. The summed E-state index contributed by atoms with van der Waals surface area (Å²) < 4.78 is 26.7. The standard InChI is InChI=1S/C16H16ClN7O4S/c1-24-12(15(25)26)7-13(22-24)20-16-18-8-9(17)14(21-16)19-10-5-3-4-6-11(10)23-29(2,27)28/h3-8,23H,1-2H3,(H,25,26)(H2,18,19,20,21,22). The molecule has 2 aromatic heterocycles. The van der Waals surface area contributed by atoms with Gasteiger partial charge in [-0.3, -0.25) is 9.40 Å². The number of benzene rings is 1. The minimum atomic E-state index is -3.49. The predicted molar refractivity (Wildman–Crippen MR) is 109 cm³/mol. The molecule has 1 aromatic carbocycles. The summed E-state index contributed by atoms with van der Waals surface area (Å²) in [6.45, 7) is 0. The van der Waals surface area contributed by atoms with E-state index in [1.54, 1.807) is 24.3 Å². The number of aromatic carboxylic acids is 1. The van der Waals surface area contributed by atoms with E-state index >= 15 is 0 Å². The van der Waals surface area contributed by atoms with Crippen molar-refractivity contribution >= 4 is 56.6 Å². The van der Waals surface area contributed by atoms with Crippen LogP contribution in [0.3, 0.4) is 0 Å². The molecule has 3 aromatic rings. The molecule has 0 spiro atoms. The molecule has 0 saturated carbocycles. The average molecular weight is 438 g/mol. The third kappa shape index (κ3) is 5.12. The molecular weight excluding hydrogens is 422 g/mol. The Morgan fingerprint density at radius 3 is 2.52 bits per heavy atom. The second kappa shape index (κ2) is 7.93. The number of hydrogen-bond donors (Lipinski definition) is 4. The van der Waals surface area contributed by atoms with Crippen LogP contribution in [0.2, 0.25) is 5.02 Å². The fourth-order valence-electron chi connectivity index (χ4n) is 2.37. The maximum Gasteiger partial charge on any atom is 0.354 e. The van der Waals surface area contributed by atoms with Gasteiger partial charge in [-0.05, 0) is 12.1 Å². The van der Waals surface area contributed by atoms with Crippen molar-refractivity contribution in [3.63, 3.8) is 0 Å². The van der Waals surface area contributed by atoms with E-state index in [-0.39, 0.29) is 28.3 Å². The third-order valence-corrected chi connectivity index (χ3v) is 4.43. The van der Waals surface area contributed by atoms with Crippen LogP contribution in [0.4, 0.5) is 29.0 Å². The number of hydrogen-bond acceptors (Lipinski definition) is 8. The van der Waals surface area contributed by atoms with Crippen LogP contribution in [0.15, 0.2) is 36.5 Å². The highest BCUT2D eigenvalue weighted by atomic mass is 35.5. The van der Waals surface area contributed by atoms with Gasteiger partial charge in [-0.1, -0.05) is 23.7 Å². The van der Waals surface area contributed by atoms with E-state index in [0.717, 1.165) is 6.26 Å². The molecule has 0 aliphatic heterocycles. The van der Waals surface area contributed by atoms with Crippen LogP contribution in [-0.2, 0) is 17.1 Å². The highest BCUT2D eigenvalue weighted by Crippen LogP contribution is 2.29. The number of para-hydroxylation sites is 2. The second-order valence-corrected chi connectivity index (χ2v) is 8.06. The SMILES string of the molecule is Cn1nc(Nc2ncc(Cl)c(Nc3ccccc3NS(C)(=O)=O)n2)cc1C(=O)O. The Labute approximate surface area is 170 Å². The second-order valence-electron chi connectivity index (χ2n) is 5.90. The van der Waals surface area contributed by atoms with Crippen molar-refractivity contribution in [3.8, 4) is 0 Å². The van der Waals surface area contributed by atoms with Crippen LogP contribution < -0.4 is 15.4 Å². The fraction of sp³-hybridized carbons (Fsp3) is 0.125. The topological polar surface area (TPSA) is 151 Å². The lowest BCUT2D eigenvalue weighted by Crippen LogP contribution is -2.11. The van der Waals surface area contributed by atoms with E-state index in [9.17, 15) is 13.2 Å². The van der Waals surface area contributed by atoms with E-state index in [4.69, 9.17) is 16.7 Å². The lowest BCUT2D eigenvalue weighted by Gasteiger charge is -2.13. The number of carboxylic acid groups (broad SMARTS) is 1. The number of sulfonamides is 1. The van der Waals surface area contributed by atoms with Crippen molar-refractivity contribution in [3.05, 3.63) is 47.2 Å². The zero-order chi connectivity index (χ0) is 21.2. The molecule has 11 nitrogen and oxygen atoms in total. The summed E-state index contributed by atoms with van der Waals surface area (Å²) in [4.78, 5) is 19.4. The third-order valence-electron chi connectivity index (χ3n) is 3.56. The predicted octanol–water partition coefficient (Wildman–Crippen LogP) is 2.42. The molecule has 0 fully saturated rings. The van der Waals surface area contributed by atoms with Crippen molar-refractivity contribution in [2.45, 2.75) is 0 Å². The van der Waals surface area contributed by atoms with Crippen LogP contribution in [0.1, 0.15) is 10.5 Å². The number of anilines is 5. The minimum Gasteiger partial charge on any atom is -0.477 e. The molecule has 0 radical (unpaired) electrons. The summed E-state index contributed by atoms with van der Waals surface area (Å²) in [6.07, 6.45) is 2.38. The molecule has 0 amide bonds. The molecule has 3 rings (SSSR count). The summed E-state index contributed by atoms with van der Waals surface area (Å²) in [5, 5.41) is 19.1. The Morgan fingerprint density at radius 1 is 1.21 bits per heavy atom. The highest BCUT2D eigenvalue weighted by molar-refractivity contribution is 7.92. The molecule has 4 N–H and O–H groups in total. The van der Waals surface area contributed by atoms with Gasteiger partial charge in [0.2, 0.25) is 16.0 Å². The summed E-state index contributed by atoms with van der Waals surface area (Å²) >= 11 is 6.15. The Balaban J connectivity index is 1.87. The van der Waals surface area contributed by atoms with Crippen LogP contribution in [-0.4, -0.2) is 45.5 Å². The van der Waals surface area contributed by atoms with Crippen LogP contribution in [0.25, 0.3) is 0 Å². The maximum atomic E-state index is 11.6. The first-order valence-corrected chi connectivity index (χ1v) is 10.3. The number of carboxylic acids is 1. The van der Waals surface area contributed by atoms with Crippen molar-refractivity contribution in [1.29, 1.82) is 0 Å². The monoisotopic (exact) mass is 437 g/mol. The number of aromatic nitrogens is 4. The summed E-state index contributed by atoms with van der Waals surface area (Å²) in [6, 6.07) is 7.95. The number of aryl methyl sites for hydroxylation is 1. The molecule has 0 unspecified atom stereocenters. The molecule has 152 valence electrons. The Hall–Kier alpha value is -3.38. The van der Waals surface area contributed by atoms with Crippen LogP contribution in [0, 0.1) is 0 Å². The Kier molecular flexibility index (Phi) is 5.57. The summed E-state index contributed by atoms with van der Waals surface area (Å²) in [7, 11) is -1.99. The highest BCUT2D eigenvalue weighted by Gasteiger charge is 2.14. The van der Waals surface area contributed by atoms with Crippen molar-refractivity contribution in [2.24, 2.45) is 7.05 Å². The largest absolute Gasteiger partial charge is 0.477 e. The molecule has 0 atom stereocenters. The van der Waals surface area contributed by atoms with Gasteiger partial charge < -0.3 is 15.7 Å². The number of carbonyl (C=O) groups is 1. The lowest BCUT2D eigenvalue weighted by molar-refractivity contribution is 0.0685. The van der Waals surface area contributed by atoms with Gasteiger partial charge >= 0.3 is 5.97 Å². The molecule has 0 saturated heterocycles. The quantitative estimate of drug-likeness (QED) is 0.436. The first-order chi connectivity index (χ1) is 13.6. The molecule has 29 heavy (non-hydrogen) atoms. The van der Waals surface area contributed by atoms with E-state index in [0.29, 0.717) is 11.4 Å². The van der Waals surface area contributed by atoms with Crippen molar-refractivity contribution in [2.75, 3.05) is 21.6 Å². The molecular formula is C16H16ClN7O4S. The van der Waals surface area contributed by atoms with Gasteiger partial charge in [0.15, 0.2) is 11.6 Å². The molecule has 0 aliphatic rings. The average Bonchev–Trinajstić information content (AvgIpc) is 2.99. The van der Waals surface area contributed by atoms with Gasteiger partial charge in [-0.25, -0.2) is 18.2 Å². The number of nitrogens with zero attached hydrogens (tertiary/aromatic N) is 4. The van der Waals surface area contributed by atoms with Gasteiger partial charge in [-0.2, -0.15) is 10.1 Å². The van der Waals surface area contributed by atoms with Gasteiger partial charge in [0.05, 0.1) is 23.8 Å². The first kappa shape index (κ1) is 20.4. The van der Waals surface area contributed by atoms with Crippen molar-refractivity contribution < 1.29 is 18.3 Å². The number of rotatable bonds is 7. The van der Waals surface area contributed by atoms with E-state index in [2.05, 4.69) is 30.4 Å². The maximum absolute atomic E-state index is 11.6. The summed E-state index contributed by atoms with van der Waals surface area (Å²) in [5.41, 5.74) is 0.728. The van der Waals surface area contributed by atoms with Gasteiger partial charge in [0.1, 0.15) is 10.7 Å². The molecule has 2 heterocycles. The minimum absolute atomic E-state index is 0.0133. The Morgan fingerprint density at radius 2 is 1.90 bits per heavy atom.